The van der Waals surface area contributed by atoms with Gasteiger partial charge >= 0.3 is 5.97 Å². The predicted molar refractivity (Wildman–Crippen MR) is 115 cm³/mol. The molecule has 2 aromatic carbocycles. The van der Waals surface area contributed by atoms with Gasteiger partial charge in [0.2, 0.25) is 0 Å². The number of pyridine rings is 1. The zero-order valence-corrected chi connectivity index (χ0v) is 16.7. The second-order valence-corrected chi connectivity index (χ2v) is 6.56. The molecule has 0 atom stereocenters. The minimum atomic E-state index is -0.625. The third kappa shape index (κ3) is 6.76. The van der Waals surface area contributed by atoms with E-state index in [1.807, 2.05) is 30.3 Å². The van der Waals surface area contributed by atoms with E-state index in [2.05, 4.69) is 10.3 Å². The van der Waals surface area contributed by atoms with Crippen LogP contribution in [0.5, 0.6) is 5.75 Å². The maximum atomic E-state index is 11.9. The molecule has 1 N–H and O–H groups in total. The summed E-state index contributed by atoms with van der Waals surface area (Å²) >= 11 is 5.96. The molecule has 1 amide bonds. The van der Waals surface area contributed by atoms with Crippen molar-refractivity contribution in [2.45, 2.75) is 6.61 Å². The fraction of sp³-hybridized carbons (Fsp3) is 0.0870. The maximum Gasteiger partial charge on any atom is 0.331 e. The summed E-state index contributed by atoms with van der Waals surface area (Å²) in [6.45, 7) is -0.0344. The van der Waals surface area contributed by atoms with Crippen molar-refractivity contribution in [2.75, 3.05) is 11.9 Å². The first-order chi connectivity index (χ1) is 14.6. The minimum absolute atomic E-state index is 0.374. The number of ether oxygens (including phenoxy) is 2. The van der Waals surface area contributed by atoms with Crippen LogP contribution in [0.1, 0.15) is 11.3 Å². The van der Waals surface area contributed by atoms with Gasteiger partial charge in [-0.2, -0.15) is 0 Å². The van der Waals surface area contributed by atoms with E-state index in [0.717, 1.165) is 11.3 Å². The van der Waals surface area contributed by atoms with Gasteiger partial charge in [0.25, 0.3) is 5.91 Å². The lowest BCUT2D eigenvalue weighted by atomic mass is 10.2. The maximum absolute atomic E-state index is 11.9. The molecule has 0 radical (unpaired) electrons. The molecule has 3 aromatic rings. The van der Waals surface area contributed by atoms with Crippen LogP contribution in [-0.2, 0) is 20.9 Å². The summed E-state index contributed by atoms with van der Waals surface area (Å²) in [6, 6.07) is 19.6. The average molecular weight is 423 g/mol. The number of para-hydroxylation sites is 1. The Kier molecular flexibility index (Phi) is 7.58. The molecule has 0 fully saturated rings. The Hall–Kier alpha value is -3.64. The Morgan fingerprint density at radius 3 is 2.50 bits per heavy atom. The highest BCUT2D eigenvalue weighted by Gasteiger charge is 2.07. The number of aromatic nitrogens is 1. The standard InChI is InChI=1S/C23H19ClN2O4/c24-20-6-1-2-7-21(20)26-22(27)16-30-23(28)13-10-17-8-11-19(12-9-17)29-15-18-5-3-4-14-25-18/h1-14H,15-16H2,(H,26,27). The van der Waals surface area contributed by atoms with Gasteiger partial charge in [-0.25, -0.2) is 4.79 Å². The van der Waals surface area contributed by atoms with Gasteiger partial charge in [0.15, 0.2) is 6.61 Å². The number of rotatable bonds is 8. The number of carbonyl (C=O) groups excluding carboxylic acids is 2. The molecule has 7 heteroatoms. The lowest BCUT2D eigenvalue weighted by molar-refractivity contribution is -0.142. The van der Waals surface area contributed by atoms with Gasteiger partial charge in [-0.15, -0.1) is 0 Å². The first-order valence-electron chi connectivity index (χ1n) is 9.12. The molecule has 30 heavy (non-hydrogen) atoms. The minimum Gasteiger partial charge on any atom is -0.487 e. The highest BCUT2D eigenvalue weighted by molar-refractivity contribution is 6.33. The number of hydrogen-bond acceptors (Lipinski definition) is 5. The van der Waals surface area contributed by atoms with Crippen LogP contribution in [0.15, 0.2) is 79.0 Å². The molecule has 0 aliphatic rings. The van der Waals surface area contributed by atoms with Gasteiger partial charge in [0, 0.05) is 12.3 Å². The summed E-state index contributed by atoms with van der Waals surface area (Å²) in [5, 5.41) is 2.99. The van der Waals surface area contributed by atoms with E-state index < -0.39 is 18.5 Å². The van der Waals surface area contributed by atoms with E-state index in [-0.39, 0.29) is 0 Å². The van der Waals surface area contributed by atoms with Gasteiger partial charge in [-0.05, 0) is 48.0 Å². The molecule has 0 bridgehead atoms. The molecule has 1 aromatic heterocycles. The van der Waals surface area contributed by atoms with Gasteiger partial charge in [0.1, 0.15) is 12.4 Å². The van der Waals surface area contributed by atoms with Crippen molar-refractivity contribution in [3.63, 3.8) is 0 Å². The molecule has 0 spiro atoms. The Labute approximate surface area is 179 Å². The summed E-state index contributed by atoms with van der Waals surface area (Å²) in [6.07, 6.45) is 4.56. The molecule has 0 saturated carbocycles. The molecule has 6 nitrogen and oxygen atoms in total. The fourth-order valence-corrected chi connectivity index (χ4v) is 2.60. The molecular weight excluding hydrogens is 404 g/mol. The average Bonchev–Trinajstić information content (AvgIpc) is 2.78. The molecular formula is C23H19ClN2O4. The van der Waals surface area contributed by atoms with Crippen LogP contribution in [0.25, 0.3) is 6.08 Å². The summed E-state index contributed by atoms with van der Waals surface area (Å²) in [7, 11) is 0. The normalized spacial score (nSPS) is 10.6. The molecule has 0 saturated heterocycles. The Morgan fingerprint density at radius 2 is 1.77 bits per heavy atom. The number of halogens is 1. The van der Waals surface area contributed by atoms with Crippen LogP contribution < -0.4 is 10.1 Å². The number of esters is 1. The monoisotopic (exact) mass is 422 g/mol. The van der Waals surface area contributed by atoms with E-state index in [9.17, 15) is 9.59 Å². The number of nitrogens with zero attached hydrogens (tertiary/aromatic N) is 1. The van der Waals surface area contributed by atoms with E-state index in [1.54, 1.807) is 48.7 Å². The first kappa shape index (κ1) is 21.1. The third-order valence-electron chi connectivity index (χ3n) is 3.90. The van der Waals surface area contributed by atoms with Crippen LogP contribution in [0.4, 0.5) is 5.69 Å². The smallest absolute Gasteiger partial charge is 0.331 e. The number of benzene rings is 2. The highest BCUT2D eigenvalue weighted by atomic mass is 35.5. The molecule has 0 aliphatic heterocycles. The van der Waals surface area contributed by atoms with Crippen LogP contribution in [0.2, 0.25) is 5.02 Å². The van der Waals surface area contributed by atoms with Crippen molar-refractivity contribution in [3.8, 4) is 5.75 Å². The number of nitrogens with one attached hydrogen (secondary N) is 1. The topological polar surface area (TPSA) is 77.5 Å². The van der Waals surface area contributed by atoms with Crippen molar-refractivity contribution in [3.05, 3.63) is 95.3 Å². The third-order valence-corrected chi connectivity index (χ3v) is 4.23. The van der Waals surface area contributed by atoms with Crippen LogP contribution in [-0.4, -0.2) is 23.5 Å². The van der Waals surface area contributed by atoms with Gasteiger partial charge < -0.3 is 14.8 Å². The first-order valence-corrected chi connectivity index (χ1v) is 9.50. The largest absolute Gasteiger partial charge is 0.487 e. The molecule has 152 valence electrons. The summed E-state index contributed by atoms with van der Waals surface area (Å²) < 4.78 is 10.6. The molecule has 1 heterocycles. The van der Waals surface area contributed by atoms with Gasteiger partial charge in [-0.1, -0.05) is 41.9 Å². The second-order valence-electron chi connectivity index (χ2n) is 6.15. The molecule has 0 aliphatic carbocycles. The van der Waals surface area contributed by atoms with E-state index >= 15 is 0 Å². The summed E-state index contributed by atoms with van der Waals surface area (Å²) in [4.78, 5) is 27.9. The van der Waals surface area contributed by atoms with Gasteiger partial charge in [-0.3, -0.25) is 9.78 Å². The molecule has 0 unspecified atom stereocenters. The predicted octanol–water partition coefficient (Wildman–Crippen LogP) is 4.51. The van der Waals surface area contributed by atoms with Crippen molar-refractivity contribution in [2.24, 2.45) is 0 Å². The van der Waals surface area contributed by atoms with E-state index in [4.69, 9.17) is 21.1 Å². The lowest BCUT2D eigenvalue weighted by Gasteiger charge is -2.07. The van der Waals surface area contributed by atoms with Crippen molar-refractivity contribution >= 4 is 35.2 Å². The summed E-state index contributed by atoms with van der Waals surface area (Å²) in [5.41, 5.74) is 2.08. The number of anilines is 1. The van der Waals surface area contributed by atoms with Gasteiger partial charge in [0.05, 0.1) is 16.4 Å². The van der Waals surface area contributed by atoms with E-state index in [0.29, 0.717) is 23.1 Å². The molecule has 3 rings (SSSR count). The second kappa shape index (κ2) is 10.8. The zero-order valence-electron chi connectivity index (χ0n) is 16.0. The fourth-order valence-electron chi connectivity index (χ4n) is 2.41. The van der Waals surface area contributed by atoms with Crippen LogP contribution in [0, 0.1) is 0 Å². The van der Waals surface area contributed by atoms with Crippen LogP contribution in [0.3, 0.4) is 0 Å². The van der Waals surface area contributed by atoms with Crippen molar-refractivity contribution in [1.29, 1.82) is 0 Å². The Morgan fingerprint density at radius 1 is 1.00 bits per heavy atom. The van der Waals surface area contributed by atoms with E-state index in [1.165, 1.54) is 6.08 Å². The number of amides is 1. The SMILES string of the molecule is O=C(COC(=O)C=Cc1ccc(OCc2ccccn2)cc1)Nc1ccccc1Cl. The lowest BCUT2D eigenvalue weighted by Crippen LogP contribution is -2.20. The number of hydrogen-bond donors (Lipinski definition) is 1. The van der Waals surface area contributed by atoms with Crippen LogP contribution >= 0.6 is 11.6 Å². The number of carbonyl (C=O) groups is 2. The zero-order chi connectivity index (χ0) is 21.2. The Balaban J connectivity index is 1.43. The van der Waals surface area contributed by atoms with Crippen molar-refractivity contribution < 1.29 is 19.1 Å². The highest BCUT2D eigenvalue weighted by Crippen LogP contribution is 2.20. The summed E-state index contributed by atoms with van der Waals surface area (Å²) in [5.74, 6) is -0.407. The quantitative estimate of drug-likeness (QED) is 0.427. The van der Waals surface area contributed by atoms with Crippen molar-refractivity contribution in [1.82, 2.24) is 4.98 Å². The Bertz CT molecular complexity index is 1020.